The third kappa shape index (κ3) is 6.59. The molecule has 0 aliphatic carbocycles. The zero-order valence-electron chi connectivity index (χ0n) is 16.6. The highest BCUT2D eigenvalue weighted by atomic mass is 127. The lowest BCUT2D eigenvalue weighted by molar-refractivity contribution is -0.272. The van der Waals surface area contributed by atoms with Gasteiger partial charge in [0.15, 0.2) is 5.96 Å². The third-order valence-electron chi connectivity index (χ3n) is 4.29. The van der Waals surface area contributed by atoms with E-state index in [9.17, 15) is 18.3 Å². The molecule has 3 N–H and O–H groups in total. The van der Waals surface area contributed by atoms with E-state index >= 15 is 0 Å². The van der Waals surface area contributed by atoms with Crippen LogP contribution in [-0.4, -0.2) is 39.9 Å². The zero-order valence-corrected chi connectivity index (χ0v) is 19.0. The van der Waals surface area contributed by atoms with Gasteiger partial charge in [-0.1, -0.05) is 29.8 Å². The Morgan fingerprint density at radius 1 is 1.28 bits per heavy atom. The van der Waals surface area contributed by atoms with Gasteiger partial charge in [-0.05, 0) is 19.4 Å². The molecule has 1 atom stereocenters. The minimum Gasteiger partial charge on any atom is -0.374 e. The van der Waals surface area contributed by atoms with Crippen LogP contribution in [0.25, 0.3) is 0 Å². The minimum atomic E-state index is -4.86. The number of aliphatic imine (C=N–C) groups is 1. The van der Waals surface area contributed by atoms with Crippen molar-refractivity contribution in [3.05, 3.63) is 53.6 Å². The van der Waals surface area contributed by atoms with Gasteiger partial charge in [-0.3, -0.25) is 0 Å². The van der Waals surface area contributed by atoms with Crippen molar-refractivity contribution in [1.82, 2.24) is 20.2 Å². The van der Waals surface area contributed by atoms with Crippen LogP contribution in [0.5, 0.6) is 0 Å². The molecule has 6 nitrogen and oxygen atoms in total. The Kier molecular flexibility index (Phi) is 9.40. The zero-order chi connectivity index (χ0) is 20.8. The first-order chi connectivity index (χ1) is 13.2. The monoisotopic (exact) mass is 525 g/mol. The summed E-state index contributed by atoms with van der Waals surface area (Å²) >= 11 is 0. The Labute approximate surface area is 185 Å². The first-order valence-electron chi connectivity index (χ1n) is 9.02. The van der Waals surface area contributed by atoms with E-state index in [-0.39, 0.29) is 30.5 Å². The normalized spacial score (nSPS) is 14.1. The van der Waals surface area contributed by atoms with Gasteiger partial charge in [0.25, 0.3) is 0 Å². The van der Waals surface area contributed by atoms with Gasteiger partial charge in [-0.2, -0.15) is 13.2 Å². The number of aromatic nitrogens is 2. The van der Waals surface area contributed by atoms with Crippen LogP contribution in [0.2, 0.25) is 0 Å². The molecule has 0 aliphatic rings. The predicted molar refractivity (Wildman–Crippen MR) is 117 cm³/mol. The van der Waals surface area contributed by atoms with E-state index in [1.807, 2.05) is 38.1 Å². The molecule has 0 spiro atoms. The number of benzene rings is 1. The highest BCUT2D eigenvalue weighted by molar-refractivity contribution is 14.0. The van der Waals surface area contributed by atoms with Crippen LogP contribution in [0, 0.1) is 6.92 Å². The lowest BCUT2D eigenvalue weighted by atomic mass is 9.97. The maximum Gasteiger partial charge on any atom is 0.424 e. The third-order valence-corrected chi connectivity index (χ3v) is 4.29. The fraction of sp³-hybridized carbons (Fsp3) is 0.474. The van der Waals surface area contributed by atoms with Crippen molar-refractivity contribution in [1.29, 1.82) is 0 Å². The number of hydrogen-bond acceptors (Lipinski definition) is 3. The Hall–Kier alpha value is -1.82. The van der Waals surface area contributed by atoms with Gasteiger partial charge >= 0.3 is 6.18 Å². The number of hydrogen-bond donors (Lipinski definition) is 3. The summed E-state index contributed by atoms with van der Waals surface area (Å²) in [5.41, 5.74) is -0.945. The second-order valence-corrected chi connectivity index (χ2v) is 6.58. The molecule has 0 bridgehead atoms. The van der Waals surface area contributed by atoms with Crippen molar-refractivity contribution < 1.29 is 18.3 Å². The maximum atomic E-state index is 13.6. The van der Waals surface area contributed by atoms with Gasteiger partial charge in [-0.25, -0.2) is 9.98 Å². The largest absolute Gasteiger partial charge is 0.424 e. The molecular weight excluding hydrogens is 498 g/mol. The molecule has 0 saturated heterocycles. The van der Waals surface area contributed by atoms with Crippen molar-refractivity contribution in [2.75, 3.05) is 13.1 Å². The number of alkyl halides is 3. The summed E-state index contributed by atoms with van der Waals surface area (Å²) < 4.78 is 41.8. The number of aliphatic hydroxyl groups is 1. The van der Waals surface area contributed by atoms with Gasteiger partial charge in [-0.15, -0.1) is 24.0 Å². The molecule has 10 heteroatoms. The second-order valence-electron chi connectivity index (χ2n) is 6.58. The summed E-state index contributed by atoms with van der Waals surface area (Å²) in [6.45, 7) is 4.65. The fourth-order valence-electron chi connectivity index (χ4n) is 2.83. The topological polar surface area (TPSA) is 74.5 Å². The van der Waals surface area contributed by atoms with Crippen molar-refractivity contribution in [3.63, 3.8) is 0 Å². The summed E-state index contributed by atoms with van der Waals surface area (Å²) in [4.78, 5) is 8.09. The van der Waals surface area contributed by atoms with Crippen LogP contribution in [0.3, 0.4) is 0 Å². The molecule has 2 aromatic rings. The van der Waals surface area contributed by atoms with E-state index in [1.165, 1.54) is 24.0 Å². The number of aryl methyl sites for hydroxylation is 2. The Morgan fingerprint density at radius 2 is 2.00 bits per heavy atom. The molecule has 1 unspecified atom stereocenters. The molecule has 2 rings (SSSR count). The molecule has 0 saturated carbocycles. The summed E-state index contributed by atoms with van der Waals surface area (Å²) in [6, 6.07) is 7.84. The summed E-state index contributed by atoms with van der Waals surface area (Å²) in [5.74, 6) is -0.0585. The average molecular weight is 525 g/mol. The maximum absolute atomic E-state index is 13.6. The molecule has 1 heterocycles. The first-order valence-corrected chi connectivity index (χ1v) is 9.02. The van der Waals surface area contributed by atoms with E-state index < -0.39 is 24.0 Å². The minimum absolute atomic E-state index is 0. The molecule has 162 valence electrons. The predicted octanol–water partition coefficient (Wildman–Crippen LogP) is 3.24. The number of halogens is 4. The van der Waals surface area contributed by atoms with E-state index in [0.29, 0.717) is 19.0 Å². The van der Waals surface area contributed by atoms with Crippen molar-refractivity contribution in [2.45, 2.75) is 38.6 Å². The van der Waals surface area contributed by atoms with Crippen LogP contribution >= 0.6 is 24.0 Å². The van der Waals surface area contributed by atoms with E-state index in [0.717, 1.165) is 11.1 Å². The standard InChI is InChI=1S/C19H26F3N5O.HI/c1-4-23-17(26-13-15-7-5-6-14(2)12-15)25-9-8-18(28,19(20,21)22)16-24-10-11-27(16)3;/h5-7,10-12,28H,4,8-9,13H2,1-3H3,(H2,23,25,26);1H. The molecule has 0 fully saturated rings. The number of guanidine groups is 1. The van der Waals surface area contributed by atoms with Crippen molar-refractivity contribution in [3.8, 4) is 0 Å². The highest BCUT2D eigenvalue weighted by Crippen LogP contribution is 2.40. The van der Waals surface area contributed by atoms with E-state index in [2.05, 4.69) is 20.6 Å². The highest BCUT2D eigenvalue weighted by Gasteiger charge is 2.57. The summed E-state index contributed by atoms with van der Waals surface area (Å²) in [5, 5.41) is 16.2. The summed E-state index contributed by atoms with van der Waals surface area (Å²) in [7, 11) is 1.42. The molecule has 1 aromatic heterocycles. The lowest BCUT2D eigenvalue weighted by Crippen LogP contribution is -2.47. The molecule has 0 amide bonds. The Bertz CT molecular complexity index is 809. The molecule has 0 aliphatic heterocycles. The first kappa shape index (κ1) is 25.2. The fourth-order valence-corrected chi connectivity index (χ4v) is 2.83. The summed E-state index contributed by atoms with van der Waals surface area (Å²) in [6.07, 6.45) is -2.86. The Morgan fingerprint density at radius 3 is 2.55 bits per heavy atom. The van der Waals surface area contributed by atoms with Gasteiger partial charge < -0.3 is 20.3 Å². The smallest absolute Gasteiger partial charge is 0.374 e. The van der Waals surface area contributed by atoms with Gasteiger partial charge in [0, 0.05) is 39.0 Å². The van der Waals surface area contributed by atoms with Gasteiger partial charge in [0.2, 0.25) is 5.60 Å². The van der Waals surface area contributed by atoms with Crippen LogP contribution in [0.15, 0.2) is 41.7 Å². The number of nitrogens with zero attached hydrogens (tertiary/aromatic N) is 3. The Balaban J connectivity index is 0.00000420. The van der Waals surface area contributed by atoms with Gasteiger partial charge in [0.05, 0.1) is 6.54 Å². The lowest BCUT2D eigenvalue weighted by Gasteiger charge is -2.30. The van der Waals surface area contributed by atoms with Crippen molar-refractivity contribution >= 4 is 29.9 Å². The van der Waals surface area contributed by atoms with Crippen LogP contribution in [0.4, 0.5) is 13.2 Å². The molecular formula is C19H27F3IN5O. The number of imidazole rings is 1. The molecule has 29 heavy (non-hydrogen) atoms. The van der Waals surface area contributed by atoms with Gasteiger partial charge in [0.1, 0.15) is 5.82 Å². The number of rotatable bonds is 7. The van der Waals surface area contributed by atoms with Crippen LogP contribution in [-0.2, 0) is 19.2 Å². The van der Waals surface area contributed by atoms with Crippen molar-refractivity contribution in [2.24, 2.45) is 12.0 Å². The van der Waals surface area contributed by atoms with E-state index in [4.69, 9.17) is 0 Å². The quantitative estimate of drug-likeness (QED) is 0.295. The second kappa shape index (κ2) is 10.8. The molecule has 0 radical (unpaired) electrons. The van der Waals surface area contributed by atoms with Crippen LogP contribution in [0.1, 0.15) is 30.3 Å². The van der Waals surface area contributed by atoms with Crippen LogP contribution < -0.4 is 10.6 Å². The SMILES string of the molecule is CCNC(=NCc1cccc(C)c1)NCCC(O)(c1nccn1C)C(F)(F)F.I. The molecule has 1 aromatic carbocycles. The average Bonchev–Trinajstić information content (AvgIpc) is 3.05. The van der Waals surface area contributed by atoms with E-state index in [1.54, 1.807) is 0 Å². The number of nitrogens with one attached hydrogen (secondary N) is 2.